The Morgan fingerprint density at radius 2 is 2.14 bits per heavy atom. The van der Waals surface area contributed by atoms with Gasteiger partial charge in [0.05, 0.1) is 6.54 Å². The van der Waals surface area contributed by atoms with Crippen LogP contribution in [0.5, 0.6) is 5.75 Å². The molecule has 0 saturated carbocycles. The lowest BCUT2D eigenvalue weighted by Gasteiger charge is -2.10. The van der Waals surface area contributed by atoms with Crippen molar-refractivity contribution >= 4 is 16.9 Å². The predicted molar refractivity (Wildman–Crippen MR) is 88.0 cm³/mol. The normalized spacial score (nSPS) is 11.0. The Bertz CT molecular complexity index is 794. The number of aromatic nitrogens is 3. The van der Waals surface area contributed by atoms with E-state index in [4.69, 9.17) is 10.5 Å². The van der Waals surface area contributed by atoms with E-state index < -0.39 is 0 Å². The number of benzene rings is 1. The zero-order valence-corrected chi connectivity index (χ0v) is 12.9. The molecular weight excluding hydrogens is 276 g/mol. The van der Waals surface area contributed by atoms with Gasteiger partial charge in [-0.05, 0) is 30.7 Å². The Hall–Kier alpha value is -2.56. The van der Waals surface area contributed by atoms with Crippen LogP contribution in [0.2, 0.25) is 0 Å². The van der Waals surface area contributed by atoms with Gasteiger partial charge in [-0.2, -0.15) is 0 Å². The summed E-state index contributed by atoms with van der Waals surface area (Å²) in [6.07, 6.45) is 2.74. The summed E-state index contributed by atoms with van der Waals surface area (Å²) >= 11 is 0. The molecule has 0 aliphatic carbocycles. The molecule has 0 fully saturated rings. The van der Waals surface area contributed by atoms with E-state index in [-0.39, 0.29) is 0 Å². The SMILES string of the molecule is CCc1nc2cc(C)cnc2n1CCOc1cccc(N)c1. The average Bonchev–Trinajstić information content (AvgIpc) is 2.84. The lowest BCUT2D eigenvalue weighted by molar-refractivity contribution is 0.298. The lowest BCUT2D eigenvalue weighted by atomic mass is 10.3. The van der Waals surface area contributed by atoms with Crippen molar-refractivity contribution in [3.63, 3.8) is 0 Å². The number of nitrogen functional groups attached to an aromatic ring is 1. The zero-order valence-electron chi connectivity index (χ0n) is 12.9. The number of ether oxygens (including phenoxy) is 1. The van der Waals surface area contributed by atoms with Gasteiger partial charge in [-0.15, -0.1) is 0 Å². The Morgan fingerprint density at radius 3 is 2.91 bits per heavy atom. The molecule has 0 aliphatic heterocycles. The van der Waals surface area contributed by atoms with Crippen molar-refractivity contribution in [1.29, 1.82) is 0 Å². The van der Waals surface area contributed by atoms with Crippen LogP contribution in [0, 0.1) is 6.92 Å². The second kappa shape index (κ2) is 6.05. The standard InChI is InChI=1S/C17H20N4O/c1-3-16-20-15-9-12(2)11-19-17(15)21(16)7-8-22-14-6-4-5-13(18)10-14/h4-6,9-11H,3,7-8,18H2,1-2H3. The molecule has 5 heteroatoms. The molecular formula is C17H20N4O. The summed E-state index contributed by atoms with van der Waals surface area (Å²) < 4.78 is 7.90. The van der Waals surface area contributed by atoms with Crippen LogP contribution in [0.15, 0.2) is 36.5 Å². The van der Waals surface area contributed by atoms with Crippen LogP contribution in [0.3, 0.4) is 0 Å². The quantitative estimate of drug-likeness (QED) is 0.735. The number of rotatable bonds is 5. The third kappa shape index (κ3) is 2.88. The average molecular weight is 296 g/mol. The van der Waals surface area contributed by atoms with E-state index >= 15 is 0 Å². The van der Waals surface area contributed by atoms with Crippen LogP contribution >= 0.6 is 0 Å². The highest BCUT2D eigenvalue weighted by atomic mass is 16.5. The van der Waals surface area contributed by atoms with Crippen molar-refractivity contribution < 1.29 is 4.74 Å². The fraction of sp³-hybridized carbons (Fsp3) is 0.294. The van der Waals surface area contributed by atoms with Crippen molar-refractivity contribution in [1.82, 2.24) is 14.5 Å². The van der Waals surface area contributed by atoms with E-state index in [2.05, 4.69) is 27.5 Å². The highest BCUT2D eigenvalue weighted by Gasteiger charge is 2.10. The maximum Gasteiger partial charge on any atom is 0.160 e. The first-order valence-electron chi connectivity index (χ1n) is 7.47. The number of aryl methyl sites for hydroxylation is 2. The summed E-state index contributed by atoms with van der Waals surface area (Å²) in [7, 11) is 0. The molecule has 0 spiro atoms. The van der Waals surface area contributed by atoms with Gasteiger partial charge in [-0.3, -0.25) is 0 Å². The number of nitrogens with two attached hydrogens (primary N) is 1. The number of anilines is 1. The first-order chi connectivity index (χ1) is 10.7. The van der Waals surface area contributed by atoms with Gasteiger partial charge in [-0.1, -0.05) is 13.0 Å². The minimum absolute atomic E-state index is 0.553. The molecule has 0 amide bonds. The van der Waals surface area contributed by atoms with Gasteiger partial charge in [0.1, 0.15) is 23.7 Å². The maximum absolute atomic E-state index is 5.78. The molecule has 0 atom stereocenters. The molecule has 2 N–H and O–H groups in total. The van der Waals surface area contributed by atoms with Crippen molar-refractivity contribution in [2.45, 2.75) is 26.8 Å². The molecule has 22 heavy (non-hydrogen) atoms. The van der Waals surface area contributed by atoms with Gasteiger partial charge in [0.2, 0.25) is 0 Å². The van der Waals surface area contributed by atoms with E-state index in [1.807, 2.05) is 37.4 Å². The van der Waals surface area contributed by atoms with Crippen molar-refractivity contribution in [3.8, 4) is 5.75 Å². The number of imidazole rings is 1. The maximum atomic E-state index is 5.78. The topological polar surface area (TPSA) is 66.0 Å². The van der Waals surface area contributed by atoms with Crippen molar-refractivity contribution in [2.75, 3.05) is 12.3 Å². The number of hydrogen-bond acceptors (Lipinski definition) is 4. The molecule has 114 valence electrons. The smallest absolute Gasteiger partial charge is 0.160 e. The van der Waals surface area contributed by atoms with E-state index in [1.165, 1.54) is 0 Å². The van der Waals surface area contributed by atoms with E-state index in [9.17, 15) is 0 Å². The third-order valence-corrected chi connectivity index (χ3v) is 3.56. The molecule has 0 radical (unpaired) electrons. The monoisotopic (exact) mass is 296 g/mol. The molecule has 3 aromatic rings. The molecule has 2 aromatic heterocycles. The number of hydrogen-bond donors (Lipinski definition) is 1. The fourth-order valence-electron chi connectivity index (χ4n) is 2.52. The van der Waals surface area contributed by atoms with Gasteiger partial charge in [0.25, 0.3) is 0 Å². The molecule has 1 aromatic carbocycles. The highest BCUT2D eigenvalue weighted by molar-refractivity contribution is 5.72. The second-order valence-electron chi connectivity index (χ2n) is 5.31. The summed E-state index contributed by atoms with van der Waals surface area (Å²) in [6.45, 7) is 5.39. The van der Waals surface area contributed by atoms with Gasteiger partial charge >= 0.3 is 0 Å². The first kappa shape index (κ1) is 14.4. The zero-order chi connectivity index (χ0) is 15.5. The summed E-state index contributed by atoms with van der Waals surface area (Å²) in [6, 6.07) is 9.53. The van der Waals surface area contributed by atoms with Crippen LogP contribution in [0.25, 0.3) is 11.2 Å². The third-order valence-electron chi connectivity index (χ3n) is 3.56. The van der Waals surface area contributed by atoms with E-state index in [0.717, 1.165) is 34.7 Å². The summed E-state index contributed by atoms with van der Waals surface area (Å²) in [5.41, 5.74) is 9.44. The molecule has 3 rings (SSSR count). The minimum Gasteiger partial charge on any atom is -0.492 e. The number of nitrogens with zero attached hydrogens (tertiary/aromatic N) is 3. The Balaban J connectivity index is 1.78. The van der Waals surface area contributed by atoms with E-state index in [0.29, 0.717) is 18.8 Å². The minimum atomic E-state index is 0.553. The van der Waals surface area contributed by atoms with E-state index in [1.54, 1.807) is 0 Å². The Kier molecular flexibility index (Phi) is 3.96. The predicted octanol–water partition coefficient (Wildman–Crippen LogP) is 2.96. The van der Waals surface area contributed by atoms with Gasteiger partial charge in [-0.25, -0.2) is 9.97 Å². The molecule has 0 bridgehead atoms. The summed E-state index contributed by atoms with van der Waals surface area (Å²) in [5, 5.41) is 0. The first-order valence-corrected chi connectivity index (χ1v) is 7.47. The number of pyridine rings is 1. The molecule has 0 aliphatic rings. The summed E-state index contributed by atoms with van der Waals surface area (Å²) in [4.78, 5) is 9.17. The fourth-order valence-corrected chi connectivity index (χ4v) is 2.52. The van der Waals surface area contributed by atoms with Gasteiger partial charge < -0.3 is 15.0 Å². The molecule has 0 saturated heterocycles. The largest absolute Gasteiger partial charge is 0.492 e. The Labute approximate surface area is 129 Å². The van der Waals surface area contributed by atoms with Crippen LogP contribution in [0.1, 0.15) is 18.3 Å². The van der Waals surface area contributed by atoms with Crippen LogP contribution in [-0.2, 0) is 13.0 Å². The second-order valence-corrected chi connectivity index (χ2v) is 5.31. The molecule has 5 nitrogen and oxygen atoms in total. The van der Waals surface area contributed by atoms with Crippen LogP contribution in [-0.4, -0.2) is 21.1 Å². The molecule has 2 heterocycles. The van der Waals surface area contributed by atoms with Gasteiger partial charge in [0.15, 0.2) is 5.65 Å². The number of fused-ring (bicyclic) bond motifs is 1. The van der Waals surface area contributed by atoms with Gasteiger partial charge in [0, 0.05) is 24.4 Å². The van der Waals surface area contributed by atoms with Crippen LogP contribution < -0.4 is 10.5 Å². The van der Waals surface area contributed by atoms with Crippen LogP contribution in [0.4, 0.5) is 5.69 Å². The van der Waals surface area contributed by atoms with Crippen molar-refractivity contribution in [2.24, 2.45) is 0 Å². The summed E-state index contributed by atoms with van der Waals surface area (Å²) in [5.74, 6) is 1.82. The molecule has 0 unspecified atom stereocenters. The Morgan fingerprint density at radius 1 is 1.27 bits per heavy atom. The van der Waals surface area contributed by atoms with Crippen molar-refractivity contribution in [3.05, 3.63) is 47.9 Å². The lowest BCUT2D eigenvalue weighted by Crippen LogP contribution is -2.11. The highest BCUT2D eigenvalue weighted by Crippen LogP contribution is 2.17.